The Kier molecular flexibility index (Phi) is 1.22. The number of rotatable bonds is 0. The average molecular weight is 147 g/mol. The lowest BCUT2D eigenvalue weighted by Crippen LogP contribution is -1.77. The smallest absolute Gasteiger partial charge is 0.152 e. The summed E-state index contributed by atoms with van der Waals surface area (Å²) in [6.07, 6.45) is 3.59. The highest BCUT2D eigenvalue weighted by Gasteiger charge is 2.01. The van der Waals surface area contributed by atoms with Gasteiger partial charge in [0.15, 0.2) is 5.58 Å². The molecule has 2 heteroatoms. The fourth-order valence-corrected chi connectivity index (χ4v) is 1.14. The molecule has 2 aromatic rings. The standard InChI is InChI=1S/C9H9NO/c1-6-3-8-9(10-4-6)7(2)5-11-8/h3-5H,1-2H3. The summed E-state index contributed by atoms with van der Waals surface area (Å²) in [5.41, 5.74) is 4.07. The summed E-state index contributed by atoms with van der Waals surface area (Å²) in [4.78, 5) is 4.25. The van der Waals surface area contributed by atoms with Gasteiger partial charge >= 0.3 is 0 Å². The molecule has 0 N–H and O–H groups in total. The van der Waals surface area contributed by atoms with E-state index < -0.39 is 0 Å². The zero-order chi connectivity index (χ0) is 7.84. The van der Waals surface area contributed by atoms with Crippen molar-refractivity contribution >= 4 is 11.1 Å². The Bertz CT molecular complexity index is 389. The molecule has 0 saturated heterocycles. The third-order valence-electron chi connectivity index (χ3n) is 1.73. The lowest BCUT2D eigenvalue weighted by atomic mass is 10.2. The molecule has 0 atom stereocenters. The zero-order valence-corrected chi connectivity index (χ0v) is 6.59. The van der Waals surface area contributed by atoms with Crippen LogP contribution in [0.4, 0.5) is 0 Å². The van der Waals surface area contributed by atoms with Gasteiger partial charge in [0.2, 0.25) is 0 Å². The summed E-state index contributed by atoms with van der Waals surface area (Å²) in [7, 11) is 0. The van der Waals surface area contributed by atoms with Crippen LogP contribution in [-0.4, -0.2) is 4.98 Å². The molecule has 0 unspecified atom stereocenters. The number of pyridine rings is 1. The van der Waals surface area contributed by atoms with E-state index in [4.69, 9.17) is 4.42 Å². The second-order valence-electron chi connectivity index (χ2n) is 2.78. The highest BCUT2D eigenvalue weighted by molar-refractivity contribution is 5.76. The van der Waals surface area contributed by atoms with Gasteiger partial charge < -0.3 is 4.42 Å². The van der Waals surface area contributed by atoms with Crippen LogP contribution in [0.15, 0.2) is 22.9 Å². The van der Waals surface area contributed by atoms with Gasteiger partial charge in [-0.05, 0) is 25.5 Å². The maximum absolute atomic E-state index is 5.27. The highest BCUT2D eigenvalue weighted by Crippen LogP contribution is 2.17. The molecule has 2 nitrogen and oxygen atoms in total. The molecule has 0 aliphatic rings. The molecule has 2 rings (SSSR count). The van der Waals surface area contributed by atoms with Gasteiger partial charge in [-0.25, -0.2) is 0 Å². The minimum Gasteiger partial charge on any atom is -0.462 e. The maximum Gasteiger partial charge on any atom is 0.152 e. The molecule has 0 bridgehead atoms. The number of fused-ring (bicyclic) bond motifs is 1. The number of aryl methyl sites for hydroxylation is 2. The summed E-state index contributed by atoms with van der Waals surface area (Å²) >= 11 is 0. The van der Waals surface area contributed by atoms with E-state index in [9.17, 15) is 0 Å². The Balaban J connectivity index is 2.86. The largest absolute Gasteiger partial charge is 0.462 e. The Morgan fingerprint density at radius 2 is 2.18 bits per heavy atom. The molecule has 56 valence electrons. The van der Waals surface area contributed by atoms with Gasteiger partial charge in [0.1, 0.15) is 5.52 Å². The normalized spacial score (nSPS) is 10.7. The second kappa shape index (κ2) is 2.09. The minimum absolute atomic E-state index is 0.877. The van der Waals surface area contributed by atoms with Crippen molar-refractivity contribution in [2.24, 2.45) is 0 Å². The SMILES string of the molecule is Cc1cnc2c(C)coc2c1. The monoisotopic (exact) mass is 147 g/mol. The first-order valence-electron chi connectivity index (χ1n) is 3.58. The van der Waals surface area contributed by atoms with Gasteiger partial charge in [-0.1, -0.05) is 0 Å². The van der Waals surface area contributed by atoms with Gasteiger partial charge in [-0.3, -0.25) is 4.98 Å². The zero-order valence-electron chi connectivity index (χ0n) is 6.59. The summed E-state index contributed by atoms with van der Waals surface area (Å²) < 4.78 is 5.27. The van der Waals surface area contributed by atoms with E-state index in [2.05, 4.69) is 4.98 Å². The van der Waals surface area contributed by atoms with Gasteiger partial charge in [0.05, 0.1) is 6.26 Å². The minimum atomic E-state index is 0.877. The molecule has 2 aromatic heterocycles. The number of aromatic nitrogens is 1. The van der Waals surface area contributed by atoms with Crippen molar-refractivity contribution in [3.63, 3.8) is 0 Å². The van der Waals surface area contributed by atoms with Crippen molar-refractivity contribution < 1.29 is 4.42 Å². The number of nitrogens with zero attached hydrogens (tertiary/aromatic N) is 1. The molecular formula is C9H9NO. The van der Waals surface area contributed by atoms with Crippen molar-refractivity contribution in [3.05, 3.63) is 29.7 Å². The van der Waals surface area contributed by atoms with Gasteiger partial charge in [-0.15, -0.1) is 0 Å². The van der Waals surface area contributed by atoms with Crippen molar-refractivity contribution in [2.75, 3.05) is 0 Å². The molecule has 0 fully saturated rings. The van der Waals surface area contributed by atoms with Gasteiger partial charge in [-0.2, -0.15) is 0 Å². The van der Waals surface area contributed by atoms with Crippen LogP contribution in [0.25, 0.3) is 11.1 Å². The lowest BCUT2D eigenvalue weighted by molar-refractivity contribution is 0.612. The van der Waals surface area contributed by atoms with Crippen LogP contribution < -0.4 is 0 Å². The predicted octanol–water partition coefficient (Wildman–Crippen LogP) is 2.44. The molecule has 0 aliphatic heterocycles. The van der Waals surface area contributed by atoms with E-state index in [0.717, 1.165) is 22.2 Å². The molecule has 0 amide bonds. The molecule has 0 saturated carbocycles. The van der Waals surface area contributed by atoms with E-state index in [-0.39, 0.29) is 0 Å². The van der Waals surface area contributed by atoms with Crippen molar-refractivity contribution in [2.45, 2.75) is 13.8 Å². The molecule has 0 aliphatic carbocycles. The summed E-state index contributed by atoms with van der Waals surface area (Å²) in [6, 6.07) is 2.00. The Morgan fingerprint density at radius 1 is 1.36 bits per heavy atom. The maximum atomic E-state index is 5.27. The van der Waals surface area contributed by atoms with Crippen LogP contribution in [0.3, 0.4) is 0 Å². The summed E-state index contributed by atoms with van der Waals surface area (Å²) in [6.45, 7) is 4.00. The van der Waals surface area contributed by atoms with E-state index in [1.807, 2.05) is 26.1 Å². The highest BCUT2D eigenvalue weighted by atomic mass is 16.3. The molecule has 2 heterocycles. The average Bonchev–Trinajstić information content (AvgIpc) is 2.32. The number of hydrogen-bond acceptors (Lipinski definition) is 2. The first kappa shape index (κ1) is 6.40. The molecule has 0 spiro atoms. The Morgan fingerprint density at radius 3 is 3.00 bits per heavy atom. The predicted molar refractivity (Wildman–Crippen MR) is 43.5 cm³/mol. The first-order valence-corrected chi connectivity index (χ1v) is 3.58. The fraction of sp³-hybridized carbons (Fsp3) is 0.222. The van der Waals surface area contributed by atoms with Crippen LogP contribution >= 0.6 is 0 Å². The first-order chi connectivity index (χ1) is 5.27. The van der Waals surface area contributed by atoms with Crippen LogP contribution in [0.5, 0.6) is 0 Å². The Labute approximate surface area is 64.9 Å². The van der Waals surface area contributed by atoms with Crippen molar-refractivity contribution in [1.82, 2.24) is 4.98 Å². The van der Waals surface area contributed by atoms with Crippen molar-refractivity contribution in [1.29, 1.82) is 0 Å². The molecule has 0 aromatic carbocycles. The van der Waals surface area contributed by atoms with E-state index in [0.29, 0.717) is 0 Å². The van der Waals surface area contributed by atoms with Gasteiger partial charge in [0, 0.05) is 11.8 Å². The van der Waals surface area contributed by atoms with E-state index in [1.54, 1.807) is 6.26 Å². The molecular weight excluding hydrogens is 138 g/mol. The van der Waals surface area contributed by atoms with E-state index >= 15 is 0 Å². The second-order valence-corrected chi connectivity index (χ2v) is 2.78. The third kappa shape index (κ3) is 0.909. The van der Waals surface area contributed by atoms with Crippen molar-refractivity contribution in [3.8, 4) is 0 Å². The number of hydrogen-bond donors (Lipinski definition) is 0. The lowest BCUT2D eigenvalue weighted by Gasteiger charge is -1.90. The molecule has 11 heavy (non-hydrogen) atoms. The van der Waals surface area contributed by atoms with Crippen LogP contribution in [0.1, 0.15) is 11.1 Å². The Hall–Kier alpha value is -1.31. The van der Waals surface area contributed by atoms with Crippen LogP contribution in [0, 0.1) is 13.8 Å². The third-order valence-corrected chi connectivity index (χ3v) is 1.73. The van der Waals surface area contributed by atoms with E-state index in [1.165, 1.54) is 0 Å². The molecule has 0 radical (unpaired) electrons. The topological polar surface area (TPSA) is 26.0 Å². The van der Waals surface area contributed by atoms with Crippen LogP contribution in [0.2, 0.25) is 0 Å². The van der Waals surface area contributed by atoms with Gasteiger partial charge in [0.25, 0.3) is 0 Å². The summed E-state index contributed by atoms with van der Waals surface area (Å²) in [5, 5.41) is 0. The van der Waals surface area contributed by atoms with Crippen LogP contribution in [-0.2, 0) is 0 Å². The fourth-order valence-electron chi connectivity index (χ4n) is 1.14. The number of furan rings is 1. The summed E-state index contributed by atoms with van der Waals surface area (Å²) in [5.74, 6) is 0. The quantitative estimate of drug-likeness (QED) is 0.572.